The van der Waals surface area contributed by atoms with E-state index in [-0.39, 0.29) is 6.54 Å². The molecule has 0 saturated heterocycles. The second-order valence-corrected chi connectivity index (χ2v) is 2.73. The van der Waals surface area contributed by atoms with Gasteiger partial charge in [-0.1, -0.05) is 12.1 Å². The lowest BCUT2D eigenvalue weighted by Crippen LogP contribution is -2.28. The fourth-order valence-corrected chi connectivity index (χ4v) is 1.03. The summed E-state index contributed by atoms with van der Waals surface area (Å²) in [6, 6.07) is 0. The number of rotatable bonds is 5. The molecule has 0 bridgehead atoms. The third-order valence-electron chi connectivity index (χ3n) is 1.70. The highest BCUT2D eigenvalue weighted by Gasteiger charge is 2.08. The average Bonchev–Trinajstić information content (AvgIpc) is 2.55. The molecule has 0 aliphatic carbocycles. The first-order valence-electron chi connectivity index (χ1n) is 4.04. The second-order valence-electron chi connectivity index (χ2n) is 2.73. The SMILES string of the molecule is CCN(CC(=O)O)Cc1cnoc1. The van der Waals surface area contributed by atoms with E-state index in [2.05, 4.69) is 9.68 Å². The predicted molar refractivity (Wildman–Crippen MR) is 45.1 cm³/mol. The molecule has 0 saturated carbocycles. The number of nitrogens with zero attached hydrogens (tertiary/aromatic N) is 2. The van der Waals surface area contributed by atoms with Gasteiger partial charge in [0, 0.05) is 12.1 Å². The van der Waals surface area contributed by atoms with E-state index >= 15 is 0 Å². The van der Waals surface area contributed by atoms with Gasteiger partial charge in [0.1, 0.15) is 6.26 Å². The topological polar surface area (TPSA) is 66.6 Å². The molecule has 13 heavy (non-hydrogen) atoms. The Morgan fingerprint density at radius 3 is 3.00 bits per heavy atom. The molecule has 5 heteroatoms. The monoisotopic (exact) mass is 184 g/mol. The number of likely N-dealkylation sites (N-methyl/N-ethyl adjacent to an activating group) is 1. The minimum Gasteiger partial charge on any atom is -0.480 e. The third-order valence-corrected chi connectivity index (χ3v) is 1.70. The van der Waals surface area contributed by atoms with Crippen molar-refractivity contribution >= 4 is 5.97 Å². The van der Waals surface area contributed by atoms with Crippen LogP contribution in [0.3, 0.4) is 0 Å². The molecule has 0 amide bonds. The van der Waals surface area contributed by atoms with Gasteiger partial charge in [0.2, 0.25) is 0 Å². The van der Waals surface area contributed by atoms with Crippen LogP contribution in [0.25, 0.3) is 0 Å². The highest BCUT2D eigenvalue weighted by Crippen LogP contribution is 2.02. The zero-order valence-corrected chi connectivity index (χ0v) is 7.43. The summed E-state index contributed by atoms with van der Waals surface area (Å²) < 4.78 is 4.64. The van der Waals surface area contributed by atoms with E-state index in [4.69, 9.17) is 5.11 Å². The van der Waals surface area contributed by atoms with Crippen molar-refractivity contribution in [1.29, 1.82) is 0 Å². The van der Waals surface area contributed by atoms with E-state index in [1.165, 1.54) is 6.26 Å². The number of hydrogen-bond donors (Lipinski definition) is 1. The van der Waals surface area contributed by atoms with Gasteiger partial charge in [0.25, 0.3) is 0 Å². The predicted octanol–water partition coefficient (Wildman–Crippen LogP) is 0.581. The van der Waals surface area contributed by atoms with Crippen molar-refractivity contribution in [2.24, 2.45) is 0 Å². The van der Waals surface area contributed by atoms with Gasteiger partial charge in [-0.05, 0) is 6.54 Å². The highest BCUT2D eigenvalue weighted by molar-refractivity contribution is 5.69. The van der Waals surface area contributed by atoms with Crippen LogP contribution in [0.5, 0.6) is 0 Å². The van der Waals surface area contributed by atoms with E-state index in [0.717, 1.165) is 5.56 Å². The van der Waals surface area contributed by atoms with Gasteiger partial charge in [-0.15, -0.1) is 0 Å². The standard InChI is InChI=1S/C8H12N2O3/c1-2-10(5-8(11)12)4-7-3-9-13-6-7/h3,6H,2,4-5H2,1H3,(H,11,12). The molecule has 0 fully saturated rings. The van der Waals surface area contributed by atoms with Crippen LogP contribution in [0, 0.1) is 0 Å². The molecule has 1 aromatic rings. The van der Waals surface area contributed by atoms with E-state index in [1.807, 2.05) is 6.92 Å². The minimum absolute atomic E-state index is 0.0433. The summed E-state index contributed by atoms with van der Waals surface area (Å²) in [7, 11) is 0. The van der Waals surface area contributed by atoms with Crippen LogP contribution >= 0.6 is 0 Å². The Labute approximate surface area is 75.9 Å². The van der Waals surface area contributed by atoms with Crippen molar-refractivity contribution in [2.45, 2.75) is 13.5 Å². The fraction of sp³-hybridized carbons (Fsp3) is 0.500. The van der Waals surface area contributed by atoms with Gasteiger partial charge in [-0.3, -0.25) is 9.69 Å². The number of carboxylic acids is 1. The minimum atomic E-state index is -0.821. The first-order chi connectivity index (χ1) is 6.22. The molecule has 1 rings (SSSR count). The van der Waals surface area contributed by atoms with E-state index in [9.17, 15) is 4.79 Å². The number of carboxylic acid groups (broad SMARTS) is 1. The van der Waals surface area contributed by atoms with Crippen LogP contribution in [-0.2, 0) is 11.3 Å². The van der Waals surface area contributed by atoms with Gasteiger partial charge in [0.15, 0.2) is 0 Å². The molecule has 1 aromatic heterocycles. The first-order valence-corrected chi connectivity index (χ1v) is 4.04. The lowest BCUT2D eigenvalue weighted by atomic mass is 10.3. The van der Waals surface area contributed by atoms with Crippen LogP contribution in [0.1, 0.15) is 12.5 Å². The van der Waals surface area contributed by atoms with Gasteiger partial charge in [0.05, 0.1) is 12.7 Å². The zero-order chi connectivity index (χ0) is 9.68. The number of aliphatic carboxylic acids is 1. The van der Waals surface area contributed by atoms with E-state index in [1.54, 1.807) is 11.1 Å². The van der Waals surface area contributed by atoms with Gasteiger partial charge < -0.3 is 9.63 Å². The number of carbonyl (C=O) groups is 1. The largest absolute Gasteiger partial charge is 0.480 e. The van der Waals surface area contributed by atoms with Gasteiger partial charge in [-0.25, -0.2) is 0 Å². The van der Waals surface area contributed by atoms with Crippen LogP contribution in [-0.4, -0.2) is 34.2 Å². The highest BCUT2D eigenvalue weighted by atomic mass is 16.5. The van der Waals surface area contributed by atoms with E-state index in [0.29, 0.717) is 13.1 Å². The maximum Gasteiger partial charge on any atom is 0.317 e. The molecule has 0 unspecified atom stereocenters. The number of aromatic nitrogens is 1. The molecule has 0 aromatic carbocycles. The molecule has 0 aliphatic heterocycles. The second kappa shape index (κ2) is 4.61. The number of hydrogen-bond acceptors (Lipinski definition) is 4. The van der Waals surface area contributed by atoms with Crippen molar-refractivity contribution in [3.05, 3.63) is 18.0 Å². The Hall–Kier alpha value is -1.36. The molecule has 0 radical (unpaired) electrons. The molecule has 1 heterocycles. The Kier molecular flexibility index (Phi) is 3.45. The van der Waals surface area contributed by atoms with Gasteiger partial charge >= 0.3 is 5.97 Å². The molecular formula is C8H12N2O3. The molecular weight excluding hydrogens is 172 g/mol. The van der Waals surface area contributed by atoms with Crippen molar-refractivity contribution in [3.63, 3.8) is 0 Å². The molecule has 0 atom stereocenters. The summed E-state index contributed by atoms with van der Waals surface area (Å²) in [5, 5.41) is 12.1. The maximum absolute atomic E-state index is 10.4. The fourth-order valence-electron chi connectivity index (χ4n) is 1.03. The van der Waals surface area contributed by atoms with Crippen LogP contribution < -0.4 is 0 Å². The molecule has 0 spiro atoms. The summed E-state index contributed by atoms with van der Waals surface area (Å²) >= 11 is 0. The smallest absolute Gasteiger partial charge is 0.317 e. The van der Waals surface area contributed by atoms with Crippen LogP contribution in [0.4, 0.5) is 0 Å². The summed E-state index contributed by atoms with van der Waals surface area (Å²) in [5.41, 5.74) is 0.892. The Morgan fingerprint density at radius 1 is 1.77 bits per heavy atom. The van der Waals surface area contributed by atoms with Crippen molar-refractivity contribution in [2.75, 3.05) is 13.1 Å². The van der Waals surface area contributed by atoms with Crippen molar-refractivity contribution in [3.8, 4) is 0 Å². The normalized spacial score (nSPS) is 10.6. The quantitative estimate of drug-likeness (QED) is 0.725. The first kappa shape index (κ1) is 9.73. The lowest BCUT2D eigenvalue weighted by Gasteiger charge is -2.15. The Balaban J connectivity index is 2.45. The summed E-state index contributed by atoms with van der Waals surface area (Å²) in [4.78, 5) is 12.2. The molecule has 0 aliphatic rings. The maximum atomic E-state index is 10.4. The van der Waals surface area contributed by atoms with Crippen molar-refractivity contribution < 1.29 is 14.4 Å². The summed E-state index contributed by atoms with van der Waals surface area (Å²) in [6.45, 7) is 3.21. The summed E-state index contributed by atoms with van der Waals surface area (Å²) in [6.07, 6.45) is 3.11. The van der Waals surface area contributed by atoms with Gasteiger partial charge in [-0.2, -0.15) is 0 Å². The molecule has 72 valence electrons. The molecule has 1 N–H and O–H groups in total. The van der Waals surface area contributed by atoms with Crippen LogP contribution in [0.15, 0.2) is 17.0 Å². The van der Waals surface area contributed by atoms with Crippen LogP contribution in [0.2, 0.25) is 0 Å². The van der Waals surface area contributed by atoms with Crippen molar-refractivity contribution in [1.82, 2.24) is 10.1 Å². The molecule has 5 nitrogen and oxygen atoms in total. The third kappa shape index (κ3) is 3.25. The Bertz CT molecular complexity index is 258. The van der Waals surface area contributed by atoms with E-state index < -0.39 is 5.97 Å². The average molecular weight is 184 g/mol. The zero-order valence-electron chi connectivity index (χ0n) is 7.43. The Morgan fingerprint density at radius 2 is 2.54 bits per heavy atom. The summed E-state index contributed by atoms with van der Waals surface area (Å²) in [5.74, 6) is -0.821. The lowest BCUT2D eigenvalue weighted by molar-refractivity contribution is -0.138.